The Balaban J connectivity index is 1.67. The summed E-state index contributed by atoms with van der Waals surface area (Å²) in [6.07, 6.45) is 1.81. The lowest BCUT2D eigenvalue weighted by molar-refractivity contribution is 0.626. The first kappa shape index (κ1) is 15.7. The van der Waals surface area contributed by atoms with E-state index in [0.717, 1.165) is 30.6 Å². The van der Waals surface area contributed by atoms with Crippen molar-refractivity contribution in [3.63, 3.8) is 0 Å². The van der Waals surface area contributed by atoms with Gasteiger partial charge in [0.15, 0.2) is 5.11 Å². The van der Waals surface area contributed by atoms with Crippen LogP contribution in [0.2, 0.25) is 5.02 Å². The minimum Gasteiger partial charge on any atom is -0.362 e. The van der Waals surface area contributed by atoms with E-state index in [1.807, 2.05) is 12.1 Å². The molecule has 0 heterocycles. The smallest absolute Gasteiger partial charge is 0.170 e. The van der Waals surface area contributed by atoms with Gasteiger partial charge >= 0.3 is 0 Å². The fraction of sp³-hybridized carbons (Fsp3) is 0.188. The summed E-state index contributed by atoms with van der Waals surface area (Å²) in [7, 11) is 0. The van der Waals surface area contributed by atoms with E-state index in [1.165, 1.54) is 12.1 Å². The number of thiocarbonyl (C=S) groups is 1. The van der Waals surface area contributed by atoms with Crippen LogP contribution in [0.3, 0.4) is 0 Å². The van der Waals surface area contributed by atoms with Crippen molar-refractivity contribution in [1.29, 1.82) is 0 Å². The highest BCUT2D eigenvalue weighted by Crippen LogP contribution is 2.13. The maximum absolute atomic E-state index is 12.8. The molecule has 0 aromatic heterocycles. The van der Waals surface area contributed by atoms with Crippen LogP contribution in [0.5, 0.6) is 0 Å². The second kappa shape index (κ2) is 7.96. The molecular formula is C16H16ClFN2S. The molecule has 0 unspecified atom stereocenters. The molecule has 2 aromatic rings. The third kappa shape index (κ3) is 5.69. The van der Waals surface area contributed by atoms with Crippen LogP contribution < -0.4 is 10.6 Å². The molecule has 0 aliphatic heterocycles. The van der Waals surface area contributed by atoms with Crippen LogP contribution in [0.15, 0.2) is 48.5 Å². The summed E-state index contributed by atoms with van der Waals surface area (Å²) in [4.78, 5) is 0. The first-order valence-electron chi connectivity index (χ1n) is 6.68. The van der Waals surface area contributed by atoms with Crippen molar-refractivity contribution in [1.82, 2.24) is 5.32 Å². The molecule has 0 amide bonds. The fourth-order valence-electron chi connectivity index (χ4n) is 1.85. The van der Waals surface area contributed by atoms with E-state index in [-0.39, 0.29) is 5.82 Å². The summed E-state index contributed by atoms with van der Waals surface area (Å²) < 4.78 is 12.8. The van der Waals surface area contributed by atoms with Crippen molar-refractivity contribution in [2.45, 2.75) is 12.8 Å². The topological polar surface area (TPSA) is 24.1 Å². The van der Waals surface area contributed by atoms with Gasteiger partial charge in [-0.15, -0.1) is 0 Å². The first-order chi connectivity index (χ1) is 10.1. The number of hydrogen-bond acceptors (Lipinski definition) is 1. The van der Waals surface area contributed by atoms with Crippen molar-refractivity contribution in [3.05, 3.63) is 64.9 Å². The van der Waals surface area contributed by atoms with Crippen LogP contribution in [0.4, 0.5) is 10.1 Å². The number of rotatable bonds is 5. The van der Waals surface area contributed by atoms with Gasteiger partial charge in [-0.2, -0.15) is 0 Å². The summed E-state index contributed by atoms with van der Waals surface area (Å²) in [6, 6.07) is 13.9. The van der Waals surface area contributed by atoms with Gasteiger partial charge in [-0.05, 0) is 67.0 Å². The second-order valence-corrected chi connectivity index (χ2v) is 5.46. The molecule has 110 valence electrons. The van der Waals surface area contributed by atoms with Crippen LogP contribution >= 0.6 is 23.8 Å². The Morgan fingerprint density at radius 1 is 1.05 bits per heavy atom. The van der Waals surface area contributed by atoms with E-state index in [0.29, 0.717) is 10.1 Å². The Kier molecular flexibility index (Phi) is 5.96. The molecule has 0 bridgehead atoms. The SMILES string of the molecule is Fc1ccc(CCCNC(=S)Nc2ccc(Cl)cc2)cc1. The van der Waals surface area contributed by atoms with E-state index in [2.05, 4.69) is 10.6 Å². The molecule has 2 aromatic carbocycles. The van der Waals surface area contributed by atoms with Crippen molar-refractivity contribution in [2.75, 3.05) is 11.9 Å². The summed E-state index contributed by atoms with van der Waals surface area (Å²) in [5.41, 5.74) is 2.02. The third-order valence-corrected chi connectivity index (χ3v) is 3.44. The van der Waals surface area contributed by atoms with Gasteiger partial charge in [-0.25, -0.2) is 4.39 Å². The van der Waals surface area contributed by atoms with Crippen LogP contribution in [-0.2, 0) is 6.42 Å². The molecule has 2 rings (SSSR count). The van der Waals surface area contributed by atoms with Gasteiger partial charge in [0.1, 0.15) is 5.82 Å². The third-order valence-electron chi connectivity index (χ3n) is 2.94. The average Bonchev–Trinajstić information content (AvgIpc) is 2.48. The monoisotopic (exact) mass is 322 g/mol. The average molecular weight is 323 g/mol. The summed E-state index contributed by atoms with van der Waals surface area (Å²) in [6.45, 7) is 0.761. The van der Waals surface area contributed by atoms with Gasteiger partial charge in [0.25, 0.3) is 0 Å². The quantitative estimate of drug-likeness (QED) is 0.630. The Morgan fingerprint density at radius 2 is 1.71 bits per heavy atom. The number of nitrogens with one attached hydrogen (secondary N) is 2. The molecule has 0 saturated heterocycles. The molecule has 0 aliphatic rings. The van der Waals surface area contributed by atoms with Crippen LogP contribution in [0, 0.1) is 5.82 Å². The van der Waals surface area contributed by atoms with Crippen LogP contribution in [0.1, 0.15) is 12.0 Å². The molecule has 0 spiro atoms. The molecule has 21 heavy (non-hydrogen) atoms. The zero-order chi connectivity index (χ0) is 15.1. The van der Waals surface area contributed by atoms with Crippen molar-refractivity contribution in [3.8, 4) is 0 Å². The minimum absolute atomic E-state index is 0.204. The molecule has 0 saturated carbocycles. The van der Waals surface area contributed by atoms with Crippen molar-refractivity contribution >= 4 is 34.6 Å². The largest absolute Gasteiger partial charge is 0.362 e. The molecule has 0 radical (unpaired) electrons. The number of halogens is 2. The van der Waals surface area contributed by atoms with Gasteiger partial charge < -0.3 is 10.6 Å². The van der Waals surface area contributed by atoms with Crippen LogP contribution in [0.25, 0.3) is 0 Å². The lowest BCUT2D eigenvalue weighted by Gasteiger charge is -2.10. The predicted octanol–water partition coefficient (Wildman–Crippen LogP) is 4.40. The van der Waals surface area contributed by atoms with Crippen molar-refractivity contribution < 1.29 is 4.39 Å². The van der Waals surface area contributed by atoms with E-state index in [9.17, 15) is 4.39 Å². The summed E-state index contributed by atoms with van der Waals surface area (Å²) >= 11 is 11.0. The number of benzene rings is 2. The Labute approximate surface area is 134 Å². The van der Waals surface area contributed by atoms with Gasteiger partial charge in [0.2, 0.25) is 0 Å². The van der Waals surface area contributed by atoms with Gasteiger partial charge in [-0.3, -0.25) is 0 Å². The number of hydrogen-bond donors (Lipinski definition) is 2. The summed E-state index contributed by atoms with van der Waals surface area (Å²) in [5, 5.41) is 7.50. The molecule has 2 N–H and O–H groups in total. The van der Waals surface area contributed by atoms with Gasteiger partial charge in [0.05, 0.1) is 0 Å². The van der Waals surface area contributed by atoms with Crippen molar-refractivity contribution in [2.24, 2.45) is 0 Å². The number of anilines is 1. The number of aryl methyl sites for hydroxylation is 1. The van der Waals surface area contributed by atoms with E-state index >= 15 is 0 Å². The minimum atomic E-state index is -0.204. The fourth-order valence-corrected chi connectivity index (χ4v) is 2.20. The Morgan fingerprint density at radius 3 is 2.38 bits per heavy atom. The van der Waals surface area contributed by atoms with Gasteiger partial charge in [-0.1, -0.05) is 23.7 Å². The molecular weight excluding hydrogens is 307 g/mol. The standard InChI is InChI=1S/C16H16ClFN2S/c17-13-5-9-15(10-6-13)20-16(21)19-11-1-2-12-3-7-14(18)8-4-12/h3-10H,1-2,11H2,(H2,19,20,21). The molecule has 5 heteroatoms. The normalized spacial score (nSPS) is 10.2. The predicted molar refractivity (Wildman–Crippen MR) is 90.4 cm³/mol. The maximum Gasteiger partial charge on any atom is 0.170 e. The zero-order valence-electron chi connectivity index (χ0n) is 11.4. The van der Waals surface area contributed by atoms with E-state index in [1.54, 1.807) is 24.3 Å². The highest BCUT2D eigenvalue weighted by atomic mass is 35.5. The lowest BCUT2D eigenvalue weighted by Crippen LogP contribution is -2.29. The molecule has 2 nitrogen and oxygen atoms in total. The summed E-state index contributed by atoms with van der Waals surface area (Å²) in [5.74, 6) is -0.204. The highest BCUT2D eigenvalue weighted by molar-refractivity contribution is 7.80. The maximum atomic E-state index is 12.8. The molecule has 0 fully saturated rings. The highest BCUT2D eigenvalue weighted by Gasteiger charge is 1.98. The molecule has 0 atom stereocenters. The zero-order valence-corrected chi connectivity index (χ0v) is 13.0. The van der Waals surface area contributed by atoms with Crippen LogP contribution in [-0.4, -0.2) is 11.7 Å². The first-order valence-corrected chi connectivity index (χ1v) is 7.47. The molecule has 0 aliphatic carbocycles. The lowest BCUT2D eigenvalue weighted by atomic mass is 10.1. The van der Waals surface area contributed by atoms with E-state index < -0.39 is 0 Å². The van der Waals surface area contributed by atoms with E-state index in [4.69, 9.17) is 23.8 Å². The second-order valence-electron chi connectivity index (χ2n) is 4.62. The Bertz CT molecular complexity index is 584. The Hall–Kier alpha value is -1.65. The van der Waals surface area contributed by atoms with Gasteiger partial charge in [0, 0.05) is 17.3 Å².